The highest BCUT2D eigenvalue weighted by Crippen LogP contribution is 2.25. The van der Waals surface area contributed by atoms with E-state index in [9.17, 15) is 4.79 Å². The Hall–Kier alpha value is -3.48. The second-order valence-corrected chi connectivity index (χ2v) is 6.06. The van der Waals surface area contributed by atoms with Gasteiger partial charge in [0.1, 0.15) is 5.82 Å². The Morgan fingerprint density at radius 1 is 1.15 bits per heavy atom. The maximum atomic E-state index is 12.4. The van der Waals surface area contributed by atoms with Crippen LogP contribution < -0.4 is 5.32 Å². The van der Waals surface area contributed by atoms with Gasteiger partial charge in [-0.3, -0.25) is 9.48 Å². The standard InChI is InChI=1S/C19H18N6O/c1-3-25-11-16(9-22-25)19(26)23-18-7-15-6-13(4-5-14(15)8-21-18)17-10-20-12-24(17)2/h4-12H,3H2,1-2H3,(H,21,23,26). The molecule has 0 aliphatic rings. The van der Waals surface area contributed by atoms with Crippen LogP contribution in [0, 0.1) is 0 Å². The second kappa shape index (κ2) is 6.44. The van der Waals surface area contributed by atoms with Crippen LogP contribution in [0.2, 0.25) is 0 Å². The molecule has 0 saturated carbocycles. The van der Waals surface area contributed by atoms with Crippen molar-refractivity contribution in [2.75, 3.05) is 5.32 Å². The Morgan fingerprint density at radius 3 is 2.77 bits per heavy atom. The minimum atomic E-state index is -0.223. The molecule has 0 fully saturated rings. The van der Waals surface area contributed by atoms with Crippen molar-refractivity contribution in [3.63, 3.8) is 0 Å². The molecule has 1 aromatic carbocycles. The van der Waals surface area contributed by atoms with Gasteiger partial charge in [0.2, 0.25) is 0 Å². The van der Waals surface area contributed by atoms with Crippen LogP contribution in [0.5, 0.6) is 0 Å². The quantitative estimate of drug-likeness (QED) is 0.616. The highest BCUT2D eigenvalue weighted by Gasteiger charge is 2.10. The summed E-state index contributed by atoms with van der Waals surface area (Å²) in [5.74, 6) is 0.285. The number of aryl methyl sites for hydroxylation is 2. The highest BCUT2D eigenvalue weighted by molar-refractivity contribution is 6.04. The van der Waals surface area contributed by atoms with Crippen LogP contribution in [0.15, 0.2) is 55.4 Å². The third-order valence-corrected chi connectivity index (χ3v) is 4.30. The highest BCUT2D eigenvalue weighted by atomic mass is 16.1. The summed E-state index contributed by atoms with van der Waals surface area (Å²) in [6, 6.07) is 8.00. The summed E-state index contributed by atoms with van der Waals surface area (Å²) in [4.78, 5) is 20.9. The fourth-order valence-electron chi connectivity index (χ4n) is 2.85. The summed E-state index contributed by atoms with van der Waals surface area (Å²) in [6.45, 7) is 2.69. The zero-order valence-electron chi connectivity index (χ0n) is 14.5. The van der Waals surface area contributed by atoms with Gasteiger partial charge < -0.3 is 9.88 Å². The molecule has 7 heteroatoms. The molecule has 4 rings (SSSR count). The molecule has 130 valence electrons. The van der Waals surface area contributed by atoms with Gasteiger partial charge in [-0.2, -0.15) is 5.10 Å². The molecule has 0 saturated heterocycles. The van der Waals surface area contributed by atoms with E-state index in [-0.39, 0.29) is 5.91 Å². The number of nitrogens with one attached hydrogen (secondary N) is 1. The summed E-state index contributed by atoms with van der Waals surface area (Å²) in [6.07, 6.45) is 8.63. The van der Waals surface area contributed by atoms with Gasteiger partial charge in [0.25, 0.3) is 5.91 Å². The number of carbonyl (C=O) groups is 1. The van der Waals surface area contributed by atoms with Crippen LogP contribution in [0.3, 0.4) is 0 Å². The minimum absolute atomic E-state index is 0.223. The van der Waals surface area contributed by atoms with Gasteiger partial charge in [0.05, 0.1) is 30.0 Å². The molecule has 0 aliphatic carbocycles. The van der Waals surface area contributed by atoms with Crippen molar-refractivity contribution >= 4 is 22.5 Å². The van der Waals surface area contributed by atoms with Gasteiger partial charge in [-0.25, -0.2) is 9.97 Å². The van der Waals surface area contributed by atoms with Crippen LogP contribution in [-0.2, 0) is 13.6 Å². The van der Waals surface area contributed by atoms with E-state index in [1.54, 1.807) is 29.6 Å². The molecule has 7 nitrogen and oxygen atoms in total. The minimum Gasteiger partial charge on any atom is -0.334 e. The van der Waals surface area contributed by atoms with Crippen molar-refractivity contribution < 1.29 is 4.79 Å². The average Bonchev–Trinajstić information content (AvgIpc) is 3.30. The van der Waals surface area contributed by atoms with Gasteiger partial charge >= 0.3 is 0 Å². The van der Waals surface area contributed by atoms with Gasteiger partial charge in [0.15, 0.2) is 0 Å². The Kier molecular flexibility index (Phi) is 3.96. The first-order chi connectivity index (χ1) is 12.6. The van der Waals surface area contributed by atoms with E-state index in [2.05, 4.69) is 26.4 Å². The van der Waals surface area contributed by atoms with E-state index in [0.717, 1.165) is 28.6 Å². The first kappa shape index (κ1) is 16.0. The molecule has 0 radical (unpaired) electrons. The zero-order chi connectivity index (χ0) is 18.1. The lowest BCUT2D eigenvalue weighted by Gasteiger charge is -2.07. The van der Waals surface area contributed by atoms with Crippen molar-refractivity contribution in [1.82, 2.24) is 24.3 Å². The maximum absolute atomic E-state index is 12.4. The molecule has 0 aliphatic heterocycles. The smallest absolute Gasteiger partial charge is 0.260 e. The van der Waals surface area contributed by atoms with E-state index in [1.165, 1.54) is 0 Å². The number of fused-ring (bicyclic) bond motifs is 1. The Bertz CT molecular complexity index is 1090. The van der Waals surface area contributed by atoms with Crippen LogP contribution >= 0.6 is 0 Å². The van der Waals surface area contributed by atoms with Gasteiger partial charge in [-0.1, -0.05) is 12.1 Å². The van der Waals surface area contributed by atoms with Gasteiger partial charge in [0, 0.05) is 36.9 Å². The van der Waals surface area contributed by atoms with Crippen LogP contribution in [0.1, 0.15) is 17.3 Å². The SMILES string of the molecule is CCn1cc(C(=O)Nc2cc3cc(-c4cncn4C)ccc3cn2)cn1. The Morgan fingerprint density at radius 2 is 2.04 bits per heavy atom. The van der Waals surface area contributed by atoms with E-state index in [1.807, 2.05) is 42.9 Å². The van der Waals surface area contributed by atoms with Crippen molar-refractivity contribution in [2.45, 2.75) is 13.5 Å². The molecule has 0 unspecified atom stereocenters. The van der Waals surface area contributed by atoms with E-state index >= 15 is 0 Å². The Labute approximate surface area is 150 Å². The summed E-state index contributed by atoms with van der Waals surface area (Å²) in [5.41, 5.74) is 2.60. The number of pyridine rings is 1. The number of hydrogen-bond acceptors (Lipinski definition) is 4. The molecule has 26 heavy (non-hydrogen) atoms. The molecular weight excluding hydrogens is 328 g/mol. The number of carbonyl (C=O) groups excluding carboxylic acids is 1. The molecule has 1 N–H and O–H groups in total. The third-order valence-electron chi connectivity index (χ3n) is 4.30. The number of benzene rings is 1. The molecule has 0 atom stereocenters. The van der Waals surface area contributed by atoms with Gasteiger partial charge in [-0.05, 0) is 24.4 Å². The normalized spacial score (nSPS) is 11.0. The third kappa shape index (κ3) is 2.95. The number of anilines is 1. The lowest BCUT2D eigenvalue weighted by molar-refractivity contribution is 0.102. The molecule has 4 aromatic rings. The molecule has 3 heterocycles. The van der Waals surface area contributed by atoms with E-state index < -0.39 is 0 Å². The molecule has 0 bridgehead atoms. The maximum Gasteiger partial charge on any atom is 0.260 e. The number of aromatic nitrogens is 5. The molecule has 3 aromatic heterocycles. The lowest BCUT2D eigenvalue weighted by atomic mass is 10.1. The Balaban J connectivity index is 1.64. The monoisotopic (exact) mass is 346 g/mol. The van der Waals surface area contributed by atoms with Gasteiger partial charge in [-0.15, -0.1) is 0 Å². The molecular formula is C19H18N6O. The van der Waals surface area contributed by atoms with Crippen molar-refractivity contribution in [3.05, 3.63) is 60.9 Å². The van der Waals surface area contributed by atoms with Crippen molar-refractivity contribution in [1.29, 1.82) is 0 Å². The number of hydrogen-bond donors (Lipinski definition) is 1. The van der Waals surface area contributed by atoms with E-state index in [0.29, 0.717) is 11.4 Å². The number of imidazole rings is 1. The predicted octanol–water partition coefficient (Wildman–Crippen LogP) is 3.10. The average molecular weight is 346 g/mol. The topological polar surface area (TPSA) is 77.6 Å². The first-order valence-corrected chi connectivity index (χ1v) is 8.34. The van der Waals surface area contributed by atoms with Crippen LogP contribution in [-0.4, -0.2) is 30.2 Å². The zero-order valence-corrected chi connectivity index (χ0v) is 14.5. The summed E-state index contributed by atoms with van der Waals surface area (Å²) < 4.78 is 3.68. The first-order valence-electron chi connectivity index (χ1n) is 8.34. The second-order valence-electron chi connectivity index (χ2n) is 6.06. The van der Waals surface area contributed by atoms with Crippen molar-refractivity contribution in [3.8, 4) is 11.3 Å². The molecule has 1 amide bonds. The largest absolute Gasteiger partial charge is 0.334 e. The fraction of sp³-hybridized carbons (Fsp3) is 0.158. The summed E-state index contributed by atoms with van der Waals surface area (Å²) in [7, 11) is 1.96. The summed E-state index contributed by atoms with van der Waals surface area (Å²) in [5, 5.41) is 8.96. The number of amides is 1. The van der Waals surface area contributed by atoms with Crippen LogP contribution in [0.25, 0.3) is 22.0 Å². The van der Waals surface area contributed by atoms with E-state index in [4.69, 9.17) is 0 Å². The predicted molar refractivity (Wildman–Crippen MR) is 99.8 cm³/mol. The number of rotatable bonds is 4. The van der Waals surface area contributed by atoms with Crippen LogP contribution in [0.4, 0.5) is 5.82 Å². The summed E-state index contributed by atoms with van der Waals surface area (Å²) >= 11 is 0. The van der Waals surface area contributed by atoms with Crippen molar-refractivity contribution in [2.24, 2.45) is 7.05 Å². The number of nitrogens with zero attached hydrogens (tertiary/aromatic N) is 5. The molecule has 0 spiro atoms. The lowest BCUT2D eigenvalue weighted by Crippen LogP contribution is -2.12. The fourth-order valence-corrected chi connectivity index (χ4v) is 2.85.